The van der Waals surface area contributed by atoms with Crippen molar-refractivity contribution in [1.82, 2.24) is 9.55 Å². The minimum atomic E-state index is -0.310. The minimum Gasteiger partial charge on any atom is -0.504 e. The van der Waals surface area contributed by atoms with Crippen molar-refractivity contribution >= 4 is 29.4 Å². The molecule has 0 radical (unpaired) electrons. The standard InChI is InChI=1S/C20H18ClN3O3/c1-27-18-10-14(5-7-17(18)25)6-8-20(26)23-19-12-24(13-22-19)11-15-3-2-4-16(21)9-15/h2-10,12-13,25H,11H2,1H3,(H,23,26)/b8-6+. The van der Waals surface area contributed by atoms with Crippen LogP contribution in [-0.2, 0) is 11.3 Å². The molecule has 0 saturated heterocycles. The van der Waals surface area contributed by atoms with E-state index in [0.717, 1.165) is 11.1 Å². The summed E-state index contributed by atoms with van der Waals surface area (Å²) in [6.45, 7) is 0.604. The van der Waals surface area contributed by atoms with Crippen molar-refractivity contribution in [2.75, 3.05) is 12.4 Å². The van der Waals surface area contributed by atoms with Crippen LogP contribution >= 0.6 is 11.6 Å². The van der Waals surface area contributed by atoms with Crippen LogP contribution in [0.3, 0.4) is 0 Å². The number of aromatic hydroxyl groups is 1. The van der Waals surface area contributed by atoms with E-state index in [-0.39, 0.29) is 11.7 Å². The molecule has 0 aliphatic carbocycles. The zero-order chi connectivity index (χ0) is 19.2. The fraction of sp³-hybridized carbons (Fsp3) is 0.100. The van der Waals surface area contributed by atoms with E-state index in [4.69, 9.17) is 16.3 Å². The lowest BCUT2D eigenvalue weighted by Crippen LogP contribution is -2.08. The second-order valence-corrected chi connectivity index (χ2v) is 6.25. The number of hydrogen-bond donors (Lipinski definition) is 2. The molecular formula is C20H18ClN3O3. The highest BCUT2D eigenvalue weighted by molar-refractivity contribution is 6.30. The smallest absolute Gasteiger partial charge is 0.249 e. The molecule has 27 heavy (non-hydrogen) atoms. The van der Waals surface area contributed by atoms with Gasteiger partial charge in [0.1, 0.15) is 0 Å². The molecule has 0 saturated carbocycles. The lowest BCUT2D eigenvalue weighted by molar-refractivity contribution is -0.111. The van der Waals surface area contributed by atoms with Crippen LogP contribution in [0.2, 0.25) is 5.02 Å². The minimum absolute atomic E-state index is 0.0457. The van der Waals surface area contributed by atoms with Crippen LogP contribution in [0.25, 0.3) is 6.08 Å². The second kappa shape index (κ2) is 8.42. The monoisotopic (exact) mass is 383 g/mol. The molecule has 2 N–H and O–H groups in total. The predicted octanol–water partition coefficient (Wildman–Crippen LogP) is 3.95. The fourth-order valence-corrected chi connectivity index (χ4v) is 2.71. The Hall–Kier alpha value is -3.25. The van der Waals surface area contributed by atoms with Gasteiger partial charge >= 0.3 is 0 Å². The molecule has 1 amide bonds. The highest BCUT2D eigenvalue weighted by Crippen LogP contribution is 2.26. The van der Waals surface area contributed by atoms with E-state index in [1.807, 2.05) is 28.8 Å². The third kappa shape index (κ3) is 5.12. The van der Waals surface area contributed by atoms with E-state index >= 15 is 0 Å². The third-order valence-electron chi connectivity index (χ3n) is 3.77. The lowest BCUT2D eigenvalue weighted by Gasteiger charge is -2.03. The van der Waals surface area contributed by atoms with Gasteiger partial charge in [-0.3, -0.25) is 4.79 Å². The number of hydrogen-bond acceptors (Lipinski definition) is 4. The number of methoxy groups -OCH3 is 1. The number of imidazole rings is 1. The van der Waals surface area contributed by atoms with Crippen LogP contribution in [0.5, 0.6) is 11.5 Å². The molecule has 7 heteroatoms. The van der Waals surface area contributed by atoms with Crippen molar-refractivity contribution in [1.29, 1.82) is 0 Å². The maximum Gasteiger partial charge on any atom is 0.249 e. The molecule has 0 spiro atoms. The zero-order valence-electron chi connectivity index (χ0n) is 14.6. The Morgan fingerprint density at radius 3 is 2.96 bits per heavy atom. The summed E-state index contributed by atoms with van der Waals surface area (Å²) in [7, 11) is 1.47. The van der Waals surface area contributed by atoms with Crippen LogP contribution < -0.4 is 10.1 Å². The molecule has 1 heterocycles. The van der Waals surface area contributed by atoms with Crippen molar-refractivity contribution in [3.05, 3.63) is 77.2 Å². The number of amides is 1. The van der Waals surface area contributed by atoms with Gasteiger partial charge in [-0.25, -0.2) is 4.98 Å². The summed E-state index contributed by atoms with van der Waals surface area (Å²) in [6.07, 6.45) is 6.41. The van der Waals surface area contributed by atoms with Crippen LogP contribution in [0.4, 0.5) is 5.82 Å². The van der Waals surface area contributed by atoms with Gasteiger partial charge in [0.2, 0.25) is 5.91 Å². The van der Waals surface area contributed by atoms with Gasteiger partial charge in [0.05, 0.1) is 13.4 Å². The van der Waals surface area contributed by atoms with Gasteiger partial charge in [0, 0.05) is 23.8 Å². The number of phenols is 1. The van der Waals surface area contributed by atoms with Gasteiger partial charge in [-0.05, 0) is 41.5 Å². The van der Waals surface area contributed by atoms with Gasteiger partial charge in [-0.15, -0.1) is 0 Å². The average molecular weight is 384 g/mol. The molecule has 0 unspecified atom stereocenters. The number of benzene rings is 2. The molecule has 0 aliphatic rings. The number of nitrogens with zero attached hydrogens (tertiary/aromatic N) is 2. The maximum absolute atomic E-state index is 12.1. The van der Waals surface area contributed by atoms with Crippen molar-refractivity contribution in [2.45, 2.75) is 6.54 Å². The number of carbonyl (C=O) groups excluding carboxylic acids is 1. The number of anilines is 1. The van der Waals surface area contributed by atoms with Crippen molar-refractivity contribution in [3.63, 3.8) is 0 Å². The quantitative estimate of drug-likeness (QED) is 0.632. The number of ether oxygens (including phenoxy) is 1. The van der Waals surface area contributed by atoms with E-state index in [0.29, 0.717) is 23.1 Å². The van der Waals surface area contributed by atoms with Crippen LogP contribution in [0, 0.1) is 0 Å². The summed E-state index contributed by atoms with van der Waals surface area (Å²) < 4.78 is 6.90. The van der Waals surface area contributed by atoms with E-state index in [1.54, 1.807) is 30.7 Å². The van der Waals surface area contributed by atoms with E-state index in [9.17, 15) is 9.90 Å². The normalized spacial score (nSPS) is 10.9. The predicted molar refractivity (Wildman–Crippen MR) is 105 cm³/mol. The number of phenolic OH excluding ortho intramolecular Hbond substituents is 1. The fourth-order valence-electron chi connectivity index (χ4n) is 2.49. The third-order valence-corrected chi connectivity index (χ3v) is 4.00. The summed E-state index contributed by atoms with van der Waals surface area (Å²) in [5, 5.41) is 13.0. The van der Waals surface area contributed by atoms with Crippen molar-refractivity contribution in [2.24, 2.45) is 0 Å². The Balaban J connectivity index is 1.60. The Morgan fingerprint density at radius 2 is 2.19 bits per heavy atom. The van der Waals surface area contributed by atoms with Crippen LogP contribution in [0.15, 0.2) is 61.1 Å². The highest BCUT2D eigenvalue weighted by atomic mass is 35.5. The maximum atomic E-state index is 12.1. The van der Waals surface area contributed by atoms with E-state index in [2.05, 4.69) is 10.3 Å². The summed E-state index contributed by atoms with van der Waals surface area (Å²) >= 11 is 5.99. The topological polar surface area (TPSA) is 76.4 Å². The molecule has 3 rings (SSSR count). The Labute approximate surface area is 161 Å². The average Bonchev–Trinajstić information content (AvgIpc) is 3.07. The van der Waals surface area contributed by atoms with Gasteiger partial charge in [-0.1, -0.05) is 29.8 Å². The SMILES string of the molecule is COc1cc(/C=C/C(=O)Nc2cn(Cc3cccc(Cl)c3)cn2)ccc1O. The first-order valence-corrected chi connectivity index (χ1v) is 8.53. The molecule has 3 aromatic rings. The molecular weight excluding hydrogens is 366 g/mol. The number of nitrogens with one attached hydrogen (secondary N) is 1. The number of rotatable bonds is 6. The molecule has 2 aromatic carbocycles. The highest BCUT2D eigenvalue weighted by Gasteiger charge is 2.04. The van der Waals surface area contributed by atoms with Crippen molar-refractivity contribution in [3.8, 4) is 11.5 Å². The zero-order valence-corrected chi connectivity index (χ0v) is 15.3. The number of carbonyl (C=O) groups is 1. The van der Waals surface area contributed by atoms with Crippen LogP contribution in [-0.4, -0.2) is 27.7 Å². The van der Waals surface area contributed by atoms with Crippen molar-refractivity contribution < 1.29 is 14.6 Å². The summed E-state index contributed by atoms with van der Waals surface area (Å²) in [4.78, 5) is 16.3. The molecule has 6 nitrogen and oxygen atoms in total. The Bertz CT molecular complexity index is 982. The number of halogens is 1. The summed E-state index contributed by atoms with van der Waals surface area (Å²) in [6, 6.07) is 12.4. The van der Waals surface area contributed by atoms with Gasteiger partial charge < -0.3 is 19.7 Å². The molecule has 1 aromatic heterocycles. The van der Waals surface area contributed by atoms with E-state index in [1.165, 1.54) is 19.3 Å². The first kappa shape index (κ1) is 18.5. The van der Waals surface area contributed by atoms with E-state index < -0.39 is 0 Å². The summed E-state index contributed by atoms with van der Waals surface area (Å²) in [5.74, 6) is 0.534. The number of aromatic nitrogens is 2. The summed E-state index contributed by atoms with van der Waals surface area (Å²) in [5.41, 5.74) is 1.77. The second-order valence-electron chi connectivity index (χ2n) is 5.82. The first-order chi connectivity index (χ1) is 13.0. The van der Waals surface area contributed by atoms with Gasteiger partial charge in [-0.2, -0.15) is 0 Å². The Kier molecular flexibility index (Phi) is 5.78. The van der Waals surface area contributed by atoms with Gasteiger partial charge in [0.15, 0.2) is 17.3 Å². The molecule has 0 bridgehead atoms. The molecule has 138 valence electrons. The molecule has 0 aliphatic heterocycles. The Morgan fingerprint density at radius 1 is 1.33 bits per heavy atom. The lowest BCUT2D eigenvalue weighted by atomic mass is 10.2. The molecule has 0 atom stereocenters. The first-order valence-electron chi connectivity index (χ1n) is 8.16. The molecule has 0 fully saturated rings. The van der Waals surface area contributed by atoms with Crippen LogP contribution in [0.1, 0.15) is 11.1 Å². The largest absolute Gasteiger partial charge is 0.504 e. The van der Waals surface area contributed by atoms with Gasteiger partial charge in [0.25, 0.3) is 0 Å².